The van der Waals surface area contributed by atoms with Gasteiger partial charge in [0.2, 0.25) is 0 Å². The first kappa shape index (κ1) is 13.4. The zero-order valence-corrected chi connectivity index (χ0v) is 12.6. The highest BCUT2D eigenvalue weighted by Crippen LogP contribution is 2.37. The Hall–Kier alpha value is -2.24. The number of aryl methyl sites for hydroxylation is 2. The van der Waals surface area contributed by atoms with Crippen LogP contribution in [0.25, 0.3) is 0 Å². The molecule has 2 aliphatic rings. The van der Waals surface area contributed by atoms with E-state index >= 15 is 0 Å². The van der Waals surface area contributed by atoms with E-state index in [0.717, 1.165) is 49.6 Å². The summed E-state index contributed by atoms with van der Waals surface area (Å²) in [6.07, 6.45) is 7.82. The van der Waals surface area contributed by atoms with Gasteiger partial charge in [-0.3, -0.25) is 4.79 Å². The molecule has 0 unspecified atom stereocenters. The summed E-state index contributed by atoms with van der Waals surface area (Å²) in [7, 11) is 0. The first-order valence-electron chi connectivity index (χ1n) is 7.85. The number of rotatable bonds is 3. The number of hydrogen-bond donors (Lipinski definition) is 1. The van der Waals surface area contributed by atoms with Crippen molar-refractivity contribution in [1.29, 1.82) is 0 Å². The fourth-order valence-corrected chi connectivity index (χ4v) is 3.00. The van der Waals surface area contributed by atoms with Crippen molar-refractivity contribution in [3.05, 3.63) is 41.5 Å². The molecule has 3 heterocycles. The largest absolute Gasteiger partial charge is 0.346 e. The lowest BCUT2D eigenvalue weighted by Gasteiger charge is -2.24. The number of amides is 1. The van der Waals surface area contributed by atoms with Gasteiger partial charge in [0.15, 0.2) is 0 Å². The van der Waals surface area contributed by atoms with Crippen molar-refractivity contribution in [2.45, 2.75) is 51.1 Å². The maximum atomic E-state index is 12.4. The van der Waals surface area contributed by atoms with E-state index in [2.05, 4.69) is 24.8 Å². The van der Waals surface area contributed by atoms with E-state index in [-0.39, 0.29) is 11.9 Å². The minimum Gasteiger partial charge on any atom is -0.346 e. The summed E-state index contributed by atoms with van der Waals surface area (Å²) in [6, 6.07) is 1.82. The van der Waals surface area contributed by atoms with Gasteiger partial charge in [-0.15, -0.1) is 0 Å². The number of fused-ring (bicyclic) bond motifs is 1. The van der Waals surface area contributed by atoms with Crippen molar-refractivity contribution in [2.24, 2.45) is 0 Å². The molecule has 0 bridgehead atoms. The Kier molecular flexibility index (Phi) is 3.17. The second-order valence-electron chi connectivity index (χ2n) is 6.23. The third kappa shape index (κ3) is 2.61. The predicted molar refractivity (Wildman–Crippen MR) is 80.5 cm³/mol. The SMILES string of the molecule is Cc1cn2c(n1)CC[C@H](NC(=O)c1ccnc(C3CC3)n1)C2. The van der Waals surface area contributed by atoms with Crippen LogP contribution in [-0.4, -0.2) is 31.5 Å². The molecule has 2 aromatic heterocycles. The van der Waals surface area contributed by atoms with Gasteiger partial charge in [0.25, 0.3) is 5.91 Å². The Labute approximate surface area is 129 Å². The van der Waals surface area contributed by atoms with Crippen molar-refractivity contribution in [2.75, 3.05) is 0 Å². The molecule has 1 N–H and O–H groups in total. The number of nitrogens with zero attached hydrogens (tertiary/aromatic N) is 4. The molecule has 0 saturated heterocycles. The highest BCUT2D eigenvalue weighted by molar-refractivity contribution is 5.92. The van der Waals surface area contributed by atoms with Crippen molar-refractivity contribution in [3.63, 3.8) is 0 Å². The second kappa shape index (κ2) is 5.19. The van der Waals surface area contributed by atoms with Crippen LogP contribution in [0.15, 0.2) is 18.5 Å². The minimum absolute atomic E-state index is 0.102. The Morgan fingerprint density at radius 2 is 2.18 bits per heavy atom. The summed E-state index contributed by atoms with van der Waals surface area (Å²) in [5, 5.41) is 3.09. The number of carbonyl (C=O) groups is 1. The summed E-state index contributed by atoms with van der Waals surface area (Å²) in [5.74, 6) is 2.28. The van der Waals surface area contributed by atoms with Gasteiger partial charge in [0.1, 0.15) is 17.3 Å². The normalized spacial score (nSPS) is 20.5. The Balaban J connectivity index is 1.45. The Morgan fingerprint density at radius 1 is 1.32 bits per heavy atom. The van der Waals surface area contributed by atoms with E-state index in [1.807, 2.05) is 13.1 Å². The number of carbonyl (C=O) groups excluding carboxylic acids is 1. The van der Waals surface area contributed by atoms with Crippen LogP contribution in [0.5, 0.6) is 0 Å². The summed E-state index contributed by atoms with van der Waals surface area (Å²) >= 11 is 0. The van der Waals surface area contributed by atoms with Gasteiger partial charge in [-0.25, -0.2) is 15.0 Å². The zero-order chi connectivity index (χ0) is 15.1. The molecule has 1 aliphatic carbocycles. The van der Waals surface area contributed by atoms with E-state index in [0.29, 0.717) is 11.6 Å². The lowest BCUT2D eigenvalue weighted by molar-refractivity contribution is 0.0922. The van der Waals surface area contributed by atoms with E-state index in [1.54, 1.807) is 12.3 Å². The number of aromatic nitrogens is 4. The molecule has 1 aliphatic heterocycles. The summed E-state index contributed by atoms with van der Waals surface area (Å²) < 4.78 is 2.14. The Morgan fingerprint density at radius 3 is 3.00 bits per heavy atom. The number of nitrogens with one attached hydrogen (secondary N) is 1. The molecular formula is C16H19N5O. The van der Waals surface area contributed by atoms with E-state index in [1.165, 1.54) is 0 Å². The van der Waals surface area contributed by atoms with Crippen LogP contribution in [0.4, 0.5) is 0 Å². The van der Waals surface area contributed by atoms with Gasteiger partial charge >= 0.3 is 0 Å². The molecule has 22 heavy (non-hydrogen) atoms. The molecule has 0 radical (unpaired) electrons. The molecule has 6 heteroatoms. The van der Waals surface area contributed by atoms with Crippen molar-refractivity contribution in [1.82, 2.24) is 24.8 Å². The van der Waals surface area contributed by atoms with Crippen molar-refractivity contribution >= 4 is 5.91 Å². The molecule has 114 valence electrons. The van der Waals surface area contributed by atoms with Crippen molar-refractivity contribution in [3.8, 4) is 0 Å². The molecule has 1 atom stereocenters. The first-order chi connectivity index (χ1) is 10.7. The van der Waals surface area contributed by atoms with Gasteiger partial charge in [-0.05, 0) is 32.3 Å². The van der Waals surface area contributed by atoms with E-state index < -0.39 is 0 Å². The maximum Gasteiger partial charge on any atom is 0.270 e. The molecule has 4 rings (SSSR count). The summed E-state index contributed by atoms with van der Waals surface area (Å²) in [5.41, 5.74) is 1.51. The van der Waals surface area contributed by atoms with Crippen LogP contribution in [0.3, 0.4) is 0 Å². The highest BCUT2D eigenvalue weighted by atomic mass is 16.1. The zero-order valence-electron chi connectivity index (χ0n) is 12.6. The third-order valence-corrected chi connectivity index (χ3v) is 4.30. The fraction of sp³-hybridized carbons (Fsp3) is 0.500. The smallest absolute Gasteiger partial charge is 0.270 e. The van der Waals surface area contributed by atoms with Crippen LogP contribution >= 0.6 is 0 Å². The Bertz CT molecular complexity index is 719. The molecule has 2 aromatic rings. The lowest BCUT2D eigenvalue weighted by atomic mass is 10.1. The van der Waals surface area contributed by atoms with Crippen LogP contribution in [0.1, 0.15) is 53.0 Å². The molecule has 1 amide bonds. The standard InChI is InChI=1S/C16H19N5O/c1-10-8-21-9-12(4-5-14(21)18-10)19-16(22)13-6-7-17-15(20-13)11-2-3-11/h6-8,11-12H,2-5,9H2,1H3,(H,19,22)/t12-/m0/s1. The van der Waals surface area contributed by atoms with Gasteiger partial charge in [0.05, 0.1) is 5.69 Å². The average molecular weight is 297 g/mol. The molecule has 0 aromatic carbocycles. The van der Waals surface area contributed by atoms with Crippen LogP contribution in [0.2, 0.25) is 0 Å². The second-order valence-corrected chi connectivity index (χ2v) is 6.23. The fourth-order valence-electron chi connectivity index (χ4n) is 3.00. The summed E-state index contributed by atoms with van der Waals surface area (Å²) in [6.45, 7) is 2.78. The topological polar surface area (TPSA) is 72.7 Å². The minimum atomic E-state index is -0.102. The van der Waals surface area contributed by atoms with Gasteiger partial charge in [-0.1, -0.05) is 0 Å². The lowest BCUT2D eigenvalue weighted by Crippen LogP contribution is -2.41. The monoisotopic (exact) mass is 297 g/mol. The number of hydrogen-bond acceptors (Lipinski definition) is 4. The van der Waals surface area contributed by atoms with Gasteiger partial charge in [0, 0.05) is 37.3 Å². The number of imidazole rings is 1. The van der Waals surface area contributed by atoms with Gasteiger partial charge in [-0.2, -0.15) is 0 Å². The van der Waals surface area contributed by atoms with Crippen LogP contribution in [0, 0.1) is 6.92 Å². The first-order valence-corrected chi connectivity index (χ1v) is 7.85. The van der Waals surface area contributed by atoms with Crippen LogP contribution in [-0.2, 0) is 13.0 Å². The van der Waals surface area contributed by atoms with E-state index in [9.17, 15) is 4.79 Å². The van der Waals surface area contributed by atoms with Crippen LogP contribution < -0.4 is 5.32 Å². The predicted octanol–water partition coefficient (Wildman–Crippen LogP) is 1.60. The summed E-state index contributed by atoms with van der Waals surface area (Å²) in [4.78, 5) is 25.6. The average Bonchev–Trinajstić information content (AvgIpc) is 3.29. The molecule has 6 nitrogen and oxygen atoms in total. The molecule has 1 fully saturated rings. The van der Waals surface area contributed by atoms with Crippen molar-refractivity contribution < 1.29 is 4.79 Å². The highest BCUT2D eigenvalue weighted by Gasteiger charge is 2.27. The third-order valence-electron chi connectivity index (χ3n) is 4.30. The molecule has 1 saturated carbocycles. The quantitative estimate of drug-likeness (QED) is 0.934. The molecule has 0 spiro atoms. The van der Waals surface area contributed by atoms with Gasteiger partial charge < -0.3 is 9.88 Å². The van der Waals surface area contributed by atoms with E-state index in [4.69, 9.17) is 0 Å². The molecular weight excluding hydrogens is 278 g/mol. The maximum absolute atomic E-state index is 12.4.